The lowest BCUT2D eigenvalue weighted by Gasteiger charge is -2.14. The van der Waals surface area contributed by atoms with Crippen molar-refractivity contribution < 1.29 is 24.4 Å². The van der Waals surface area contributed by atoms with E-state index in [-0.39, 0.29) is 37.2 Å². The molecule has 0 aliphatic heterocycles. The molecule has 9 rings (SSSR count). The van der Waals surface area contributed by atoms with Gasteiger partial charge in [0.2, 0.25) is 16.2 Å². The number of thiazole rings is 3. The number of nitrogens with two attached hydrogens (primary N) is 1. The number of nitrogens with one attached hydrogen (secondary N) is 3. The van der Waals surface area contributed by atoms with Gasteiger partial charge in [-0.15, -0.1) is 39.1 Å². The van der Waals surface area contributed by atoms with Crippen LogP contribution in [0.3, 0.4) is 0 Å². The van der Waals surface area contributed by atoms with Gasteiger partial charge in [-0.3, -0.25) is 25.1 Å². The van der Waals surface area contributed by atoms with Gasteiger partial charge in [-0.1, -0.05) is 159 Å². The molecular formula is C56H53ClN10O6S3. The molecule has 6 aromatic carbocycles. The number of rotatable bonds is 19. The van der Waals surface area contributed by atoms with Gasteiger partial charge in [0.1, 0.15) is 5.71 Å². The van der Waals surface area contributed by atoms with Gasteiger partial charge >= 0.3 is 0 Å². The minimum Gasteiger partial charge on any atom is -0.407 e. The number of benzene rings is 6. The normalized spacial score (nSPS) is 11.3. The van der Waals surface area contributed by atoms with Crippen LogP contribution in [-0.4, -0.2) is 62.1 Å². The van der Waals surface area contributed by atoms with E-state index in [0.717, 1.165) is 50.0 Å². The molecule has 1 amide bonds. The highest BCUT2D eigenvalue weighted by Crippen LogP contribution is 2.30. The Bertz CT molecular complexity index is 3320. The highest BCUT2D eigenvalue weighted by Gasteiger charge is 2.18. The van der Waals surface area contributed by atoms with Crippen molar-refractivity contribution in [3.63, 3.8) is 0 Å². The molecule has 3 heterocycles. The molecule has 20 heteroatoms. The summed E-state index contributed by atoms with van der Waals surface area (Å²) < 4.78 is 4.92. The van der Waals surface area contributed by atoms with Crippen molar-refractivity contribution in [1.29, 1.82) is 0 Å². The van der Waals surface area contributed by atoms with E-state index < -0.39 is 10.8 Å². The van der Waals surface area contributed by atoms with Gasteiger partial charge in [0.25, 0.3) is 18.1 Å². The summed E-state index contributed by atoms with van der Waals surface area (Å²) in [6.45, 7) is 2.69. The number of para-hydroxylation sites is 1. The largest absolute Gasteiger partial charge is 0.407 e. The first-order chi connectivity index (χ1) is 36.6. The van der Waals surface area contributed by atoms with Crippen LogP contribution in [0.25, 0.3) is 33.8 Å². The molecule has 388 valence electrons. The average molecular weight is 1090 g/mol. The predicted molar refractivity (Wildman–Crippen MR) is 309 cm³/mol. The Labute approximate surface area is 456 Å². The Morgan fingerprint density at radius 3 is 1.80 bits per heavy atom. The van der Waals surface area contributed by atoms with E-state index >= 15 is 0 Å². The number of primary amides is 1. The van der Waals surface area contributed by atoms with Crippen molar-refractivity contribution >= 4 is 90.7 Å². The number of halogens is 1. The van der Waals surface area contributed by atoms with E-state index in [1.165, 1.54) is 40.1 Å². The number of carbonyl (C=O) groups excluding carboxylic acids is 2. The summed E-state index contributed by atoms with van der Waals surface area (Å²) in [5, 5.41) is 40.8. The molecule has 0 saturated carbocycles. The van der Waals surface area contributed by atoms with Gasteiger partial charge in [-0.25, -0.2) is 20.4 Å². The van der Waals surface area contributed by atoms with Crippen LogP contribution < -0.4 is 21.9 Å². The number of nitro benzene ring substituents is 1. The molecule has 9 aromatic rings. The van der Waals surface area contributed by atoms with Crippen molar-refractivity contribution in [2.75, 3.05) is 29.3 Å². The van der Waals surface area contributed by atoms with Gasteiger partial charge in [-0.05, 0) is 42.7 Å². The zero-order chi connectivity index (χ0) is 52.8. The third kappa shape index (κ3) is 17.0. The second-order valence-corrected chi connectivity index (χ2v) is 19.1. The number of amides is 1. The monoisotopic (exact) mass is 1090 g/mol. The second kappa shape index (κ2) is 29.4. The number of aliphatic hydroxyl groups excluding tert-OH is 1. The maximum Gasteiger partial charge on any atom is 0.299 e. The summed E-state index contributed by atoms with van der Waals surface area (Å²) in [6, 6.07) is 51.0. The van der Waals surface area contributed by atoms with Crippen LogP contribution in [-0.2, 0) is 27.2 Å². The molecule has 0 bridgehead atoms. The standard InChI is InChI=1S/C20H20ClN3O3S.C18H16N4OS.C17H13N3O2S.CH4/c1-13-6-7-15(9-17(13)21)18-12-28-20(23-18)22-10-14(11-25)8-16-4-2-3-5-19(16)24(26)27;19-17(23)15(11-13-7-3-1-4-8-13)21-22-18-20-16(12-24-18)14-9-5-2-6-10-14;21-12-22-16(14-9-5-2-6-10-14)19-20-17-18-15(11-23-17)13-7-3-1-4-8-13;/h2-7,9,12,14,25H,8,10-11H2,1H3,(H,22,23);1-10,12H,11H2,(H2,19,23)(H,20,22);1-12H,(H,18,20);1H4/b;21-15+;19-16+;. The first kappa shape index (κ1) is 56.8. The summed E-state index contributed by atoms with van der Waals surface area (Å²) in [4.78, 5) is 46.5. The van der Waals surface area contributed by atoms with Crippen LogP contribution in [0, 0.1) is 23.0 Å². The highest BCUT2D eigenvalue weighted by molar-refractivity contribution is 7.14. The van der Waals surface area contributed by atoms with E-state index in [1.807, 2.05) is 150 Å². The molecule has 76 heavy (non-hydrogen) atoms. The summed E-state index contributed by atoms with van der Waals surface area (Å²) in [6.07, 6.45) is 0.784. The number of ether oxygens (including phenoxy) is 1. The SMILES string of the molecule is C.Cc1ccc(-c2csc(NCC(CO)Cc3ccccc3[N+](=O)[O-])n2)cc1Cl.NC(=O)/C(Cc1ccccc1)=N/Nc1nc(-c2ccccc2)cs1.O=CO/C(=N/Nc1nc(-c2ccccc2)cs1)c1ccccc1. The van der Waals surface area contributed by atoms with E-state index in [9.17, 15) is 24.8 Å². The Balaban J connectivity index is 0.000000185. The first-order valence-corrected chi connectivity index (χ1v) is 26.0. The number of anilines is 3. The topological polar surface area (TPSA) is 232 Å². The van der Waals surface area contributed by atoms with Crippen molar-refractivity contribution in [3.8, 4) is 33.8 Å². The highest BCUT2D eigenvalue weighted by atomic mass is 35.5. The van der Waals surface area contributed by atoms with Crippen LogP contribution in [0.5, 0.6) is 0 Å². The van der Waals surface area contributed by atoms with Crippen molar-refractivity contribution in [1.82, 2.24) is 15.0 Å². The van der Waals surface area contributed by atoms with Gasteiger partial charge in [0.05, 0.1) is 22.0 Å². The van der Waals surface area contributed by atoms with Gasteiger partial charge < -0.3 is 20.9 Å². The summed E-state index contributed by atoms with van der Waals surface area (Å²) in [5.74, 6) is -0.523. The zero-order valence-electron chi connectivity index (χ0n) is 40.2. The molecule has 16 nitrogen and oxygen atoms in total. The molecular weight excluding hydrogens is 1040 g/mol. The molecule has 1 atom stereocenters. The fraction of sp³-hybridized carbons (Fsp3) is 0.125. The fourth-order valence-corrected chi connectivity index (χ4v) is 9.18. The number of hydrogen-bond donors (Lipinski definition) is 5. The maximum absolute atomic E-state index is 11.6. The van der Waals surface area contributed by atoms with E-state index in [2.05, 4.69) is 41.3 Å². The molecule has 0 spiro atoms. The molecule has 0 aliphatic rings. The molecule has 0 aliphatic carbocycles. The molecule has 0 saturated heterocycles. The van der Waals surface area contributed by atoms with Crippen molar-refractivity contribution in [2.45, 2.75) is 27.2 Å². The predicted octanol–water partition coefficient (Wildman–Crippen LogP) is 12.6. The van der Waals surface area contributed by atoms with Gasteiger partial charge in [-0.2, -0.15) is 5.10 Å². The number of nitro groups is 1. The average Bonchev–Trinajstić information content (AvgIpc) is 4.25. The van der Waals surface area contributed by atoms with Crippen molar-refractivity contribution in [2.24, 2.45) is 21.9 Å². The number of hydrogen-bond acceptors (Lipinski definition) is 17. The van der Waals surface area contributed by atoms with Crippen molar-refractivity contribution in [3.05, 3.63) is 217 Å². The number of carbonyl (C=O) groups is 2. The third-order valence-corrected chi connectivity index (χ3v) is 13.5. The molecule has 0 radical (unpaired) electrons. The number of aromatic nitrogens is 3. The Kier molecular flexibility index (Phi) is 22.0. The number of aryl methyl sites for hydroxylation is 1. The van der Waals surface area contributed by atoms with Crippen LogP contribution in [0.2, 0.25) is 5.02 Å². The lowest BCUT2D eigenvalue weighted by molar-refractivity contribution is -0.385. The Hall–Kier alpha value is -8.46. The van der Waals surface area contributed by atoms with Crippen LogP contribution in [0.4, 0.5) is 21.1 Å². The zero-order valence-corrected chi connectivity index (χ0v) is 43.4. The van der Waals surface area contributed by atoms with Crippen LogP contribution in [0.15, 0.2) is 190 Å². The maximum atomic E-state index is 11.6. The number of aliphatic hydroxyl groups is 1. The van der Waals surface area contributed by atoms with Crippen LogP contribution in [0.1, 0.15) is 29.7 Å². The van der Waals surface area contributed by atoms with E-state index in [0.29, 0.717) is 52.3 Å². The smallest absolute Gasteiger partial charge is 0.299 e. The quantitative estimate of drug-likeness (QED) is 0.0167. The second-order valence-electron chi connectivity index (χ2n) is 16.1. The lowest BCUT2D eigenvalue weighted by Crippen LogP contribution is -2.26. The van der Waals surface area contributed by atoms with E-state index in [4.69, 9.17) is 22.1 Å². The molecule has 6 N–H and O–H groups in total. The third-order valence-electron chi connectivity index (χ3n) is 10.8. The molecule has 0 fully saturated rings. The minimum absolute atomic E-state index is 0. The van der Waals surface area contributed by atoms with E-state index in [1.54, 1.807) is 30.3 Å². The first-order valence-electron chi connectivity index (χ1n) is 23.0. The summed E-state index contributed by atoms with van der Waals surface area (Å²) >= 11 is 10.5. The molecule has 1 unspecified atom stereocenters. The Morgan fingerprint density at radius 1 is 0.737 bits per heavy atom. The summed E-state index contributed by atoms with van der Waals surface area (Å²) in [7, 11) is 0. The fourth-order valence-electron chi connectivity index (χ4n) is 6.95. The van der Waals surface area contributed by atoms with Crippen LogP contribution >= 0.6 is 45.6 Å². The van der Waals surface area contributed by atoms with Gasteiger partial charge in [0.15, 0.2) is 5.13 Å². The van der Waals surface area contributed by atoms with Gasteiger partial charge in [0, 0.05) is 80.5 Å². The number of nitrogens with zero attached hydrogens (tertiary/aromatic N) is 6. The Morgan fingerprint density at radius 2 is 1.25 bits per heavy atom. The molecule has 3 aromatic heterocycles. The lowest BCUT2D eigenvalue weighted by atomic mass is 9.99. The number of hydrazone groups is 2. The minimum atomic E-state index is -0.550. The summed E-state index contributed by atoms with van der Waals surface area (Å²) in [5.41, 5.74) is 20.3.